The van der Waals surface area contributed by atoms with Crippen molar-refractivity contribution in [3.05, 3.63) is 67.5 Å². The molecule has 1 aromatic heterocycles. The van der Waals surface area contributed by atoms with Crippen LogP contribution in [0.1, 0.15) is 48.9 Å². The minimum absolute atomic E-state index is 0.0147. The highest BCUT2D eigenvalue weighted by atomic mass is 79.9. The lowest BCUT2D eigenvalue weighted by atomic mass is 10.00. The van der Waals surface area contributed by atoms with Gasteiger partial charge >= 0.3 is 0 Å². The predicted octanol–water partition coefficient (Wildman–Crippen LogP) is 6.47. The molecule has 0 aliphatic carbocycles. The van der Waals surface area contributed by atoms with Crippen molar-refractivity contribution < 1.29 is 8.81 Å². The van der Waals surface area contributed by atoms with Gasteiger partial charge in [-0.3, -0.25) is 4.79 Å². The molecule has 1 atom stereocenters. The minimum atomic E-state index is -0.323. The van der Waals surface area contributed by atoms with E-state index in [4.69, 9.17) is 4.42 Å². The zero-order valence-corrected chi connectivity index (χ0v) is 19.1. The SMILES string of the molecule is Cc1cc(C(C)Nc2cccc(F)c2Br)c2oc(N3CCCCC3)c(C)c(=O)c2c1. The summed E-state index contributed by atoms with van der Waals surface area (Å²) < 4.78 is 20.8. The molecule has 4 rings (SSSR count). The number of halogens is 2. The highest BCUT2D eigenvalue weighted by Gasteiger charge is 2.22. The van der Waals surface area contributed by atoms with Crippen molar-refractivity contribution in [3.8, 4) is 0 Å². The van der Waals surface area contributed by atoms with E-state index in [0.29, 0.717) is 32.6 Å². The number of piperidine rings is 1. The smallest absolute Gasteiger partial charge is 0.202 e. The number of nitrogens with one attached hydrogen (secondary N) is 1. The molecule has 0 radical (unpaired) electrons. The lowest BCUT2D eigenvalue weighted by Gasteiger charge is -2.29. The molecule has 1 aliphatic rings. The summed E-state index contributed by atoms with van der Waals surface area (Å²) in [6.45, 7) is 7.62. The van der Waals surface area contributed by atoms with Crippen molar-refractivity contribution in [1.82, 2.24) is 0 Å². The highest BCUT2D eigenvalue weighted by molar-refractivity contribution is 9.10. The summed E-state index contributed by atoms with van der Waals surface area (Å²) in [7, 11) is 0. The molecule has 1 fully saturated rings. The van der Waals surface area contributed by atoms with Gasteiger partial charge in [0.1, 0.15) is 11.4 Å². The highest BCUT2D eigenvalue weighted by Crippen LogP contribution is 2.34. The summed E-state index contributed by atoms with van der Waals surface area (Å²) >= 11 is 3.31. The Morgan fingerprint density at radius 1 is 1.17 bits per heavy atom. The van der Waals surface area contributed by atoms with Crippen LogP contribution in [-0.4, -0.2) is 13.1 Å². The lowest BCUT2D eigenvalue weighted by molar-refractivity contribution is 0.507. The van der Waals surface area contributed by atoms with Gasteiger partial charge in [-0.05, 0) is 79.7 Å². The van der Waals surface area contributed by atoms with Gasteiger partial charge in [0.2, 0.25) is 5.88 Å². The number of rotatable bonds is 4. The molecular weight excluding hydrogens is 447 g/mol. The maximum absolute atomic E-state index is 14.0. The van der Waals surface area contributed by atoms with E-state index in [1.54, 1.807) is 6.07 Å². The van der Waals surface area contributed by atoms with Crippen LogP contribution in [0.15, 0.2) is 44.0 Å². The summed E-state index contributed by atoms with van der Waals surface area (Å²) in [4.78, 5) is 15.4. The summed E-state index contributed by atoms with van der Waals surface area (Å²) in [5.74, 6) is 0.354. The number of aryl methyl sites for hydroxylation is 1. The Balaban J connectivity index is 1.83. The Labute approximate surface area is 184 Å². The standard InChI is InChI=1S/C24H26BrFN2O2/c1-14-12-17(16(3)27-20-9-7-8-19(26)21(20)25)23-18(13-14)22(29)15(2)24(30-23)28-10-5-4-6-11-28/h7-9,12-13,16,27H,4-6,10-11H2,1-3H3. The van der Waals surface area contributed by atoms with Gasteiger partial charge < -0.3 is 14.6 Å². The zero-order chi connectivity index (χ0) is 21.4. The fourth-order valence-electron chi connectivity index (χ4n) is 4.20. The van der Waals surface area contributed by atoms with E-state index in [0.717, 1.165) is 37.1 Å². The van der Waals surface area contributed by atoms with Crippen LogP contribution in [0.25, 0.3) is 11.0 Å². The average Bonchev–Trinajstić information content (AvgIpc) is 2.74. The van der Waals surface area contributed by atoms with Crippen molar-refractivity contribution in [2.24, 2.45) is 0 Å². The average molecular weight is 473 g/mol. The maximum atomic E-state index is 14.0. The number of benzene rings is 2. The monoisotopic (exact) mass is 472 g/mol. The van der Waals surface area contributed by atoms with Crippen LogP contribution in [-0.2, 0) is 0 Å². The van der Waals surface area contributed by atoms with Crippen molar-refractivity contribution in [1.29, 1.82) is 0 Å². The Bertz CT molecular complexity index is 1150. The summed E-state index contributed by atoms with van der Waals surface area (Å²) in [5, 5.41) is 3.95. The molecule has 0 bridgehead atoms. The van der Waals surface area contributed by atoms with Crippen molar-refractivity contribution in [2.75, 3.05) is 23.3 Å². The van der Waals surface area contributed by atoms with Gasteiger partial charge in [-0.25, -0.2) is 4.39 Å². The Morgan fingerprint density at radius 3 is 2.63 bits per heavy atom. The minimum Gasteiger partial charge on any atom is -0.440 e. The quantitative estimate of drug-likeness (QED) is 0.472. The van der Waals surface area contributed by atoms with E-state index in [2.05, 4.69) is 26.1 Å². The lowest BCUT2D eigenvalue weighted by Crippen LogP contribution is -2.31. The molecule has 4 nitrogen and oxygen atoms in total. The molecule has 0 saturated carbocycles. The first-order chi connectivity index (χ1) is 14.4. The fraction of sp³-hybridized carbons (Fsp3) is 0.375. The molecule has 1 N–H and O–H groups in total. The van der Waals surface area contributed by atoms with E-state index in [1.165, 1.54) is 12.5 Å². The number of hydrogen-bond donors (Lipinski definition) is 1. The van der Waals surface area contributed by atoms with E-state index in [9.17, 15) is 9.18 Å². The Morgan fingerprint density at radius 2 is 1.90 bits per heavy atom. The Kier molecular flexibility index (Phi) is 5.87. The van der Waals surface area contributed by atoms with Crippen LogP contribution >= 0.6 is 15.9 Å². The number of hydrogen-bond acceptors (Lipinski definition) is 4. The molecule has 1 saturated heterocycles. The summed E-state index contributed by atoms with van der Waals surface area (Å²) in [5.41, 5.74) is 3.81. The molecule has 2 aromatic carbocycles. The fourth-order valence-corrected chi connectivity index (χ4v) is 4.58. The maximum Gasteiger partial charge on any atom is 0.202 e. The normalized spacial score (nSPS) is 15.4. The van der Waals surface area contributed by atoms with Gasteiger partial charge in [0.05, 0.1) is 27.2 Å². The topological polar surface area (TPSA) is 45.5 Å². The van der Waals surface area contributed by atoms with Crippen molar-refractivity contribution >= 4 is 38.5 Å². The molecule has 6 heteroatoms. The zero-order valence-electron chi connectivity index (χ0n) is 17.5. The molecule has 30 heavy (non-hydrogen) atoms. The van der Waals surface area contributed by atoms with Crippen LogP contribution in [0.2, 0.25) is 0 Å². The third-order valence-corrected chi connectivity index (χ3v) is 6.61. The molecule has 1 unspecified atom stereocenters. The summed E-state index contributed by atoms with van der Waals surface area (Å²) in [6.07, 6.45) is 3.42. The third-order valence-electron chi connectivity index (χ3n) is 5.80. The molecule has 158 valence electrons. The van der Waals surface area contributed by atoms with Crippen LogP contribution in [0.4, 0.5) is 16.0 Å². The largest absolute Gasteiger partial charge is 0.440 e. The van der Waals surface area contributed by atoms with E-state index in [1.807, 2.05) is 39.0 Å². The number of fused-ring (bicyclic) bond motifs is 1. The second-order valence-corrected chi connectivity index (χ2v) is 8.90. The first-order valence-corrected chi connectivity index (χ1v) is 11.2. The first-order valence-electron chi connectivity index (χ1n) is 10.4. The van der Waals surface area contributed by atoms with Gasteiger partial charge in [-0.15, -0.1) is 0 Å². The molecule has 0 spiro atoms. The van der Waals surface area contributed by atoms with Crippen molar-refractivity contribution in [2.45, 2.75) is 46.1 Å². The van der Waals surface area contributed by atoms with Crippen LogP contribution < -0.4 is 15.6 Å². The second kappa shape index (κ2) is 8.42. The van der Waals surface area contributed by atoms with E-state index < -0.39 is 0 Å². The van der Waals surface area contributed by atoms with Gasteiger partial charge in [0, 0.05) is 18.7 Å². The third kappa shape index (κ3) is 3.85. The number of nitrogens with zero attached hydrogens (tertiary/aromatic N) is 1. The second-order valence-electron chi connectivity index (χ2n) is 8.11. The molecule has 0 amide bonds. The van der Waals surface area contributed by atoms with Gasteiger partial charge in [-0.1, -0.05) is 12.1 Å². The Hall–Kier alpha value is -2.34. The molecular formula is C24H26BrFN2O2. The first kappa shape index (κ1) is 20.9. The van der Waals surface area contributed by atoms with Crippen LogP contribution in [0, 0.1) is 19.7 Å². The number of anilines is 2. The van der Waals surface area contributed by atoms with Crippen LogP contribution in [0.3, 0.4) is 0 Å². The summed E-state index contributed by atoms with van der Waals surface area (Å²) in [6, 6.07) is 8.64. The van der Waals surface area contributed by atoms with E-state index in [-0.39, 0.29) is 17.3 Å². The molecule has 3 aromatic rings. The van der Waals surface area contributed by atoms with Gasteiger partial charge in [0.25, 0.3) is 0 Å². The van der Waals surface area contributed by atoms with Gasteiger partial charge in [-0.2, -0.15) is 0 Å². The van der Waals surface area contributed by atoms with Gasteiger partial charge in [0.15, 0.2) is 5.43 Å². The van der Waals surface area contributed by atoms with Crippen molar-refractivity contribution in [3.63, 3.8) is 0 Å². The van der Waals surface area contributed by atoms with E-state index >= 15 is 0 Å². The molecule has 2 heterocycles. The van der Waals surface area contributed by atoms with Crippen LogP contribution in [0.5, 0.6) is 0 Å². The molecule has 1 aliphatic heterocycles. The predicted molar refractivity (Wildman–Crippen MR) is 124 cm³/mol.